The van der Waals surface area contributed by atoms with Gasteiger partial charge in [-0.15, -0.1) is 6.42 Å². The largest absolute Gasteiger partial charge is 0.481 e. The average Bonchev–Trinajstić information content (AvgIpc) is 2.28. The van der Waals surface area contributed by atoms with Crippen molar-refractivity contribution in [1.29, 1.82) is 0 Å². The number of carbonyl (C=O) groups is 2. The fraction of sp³-hybridized carbons (Fsp3) is 0.571. The molecular formula is C14H18O4. The van der Waals surface area contributed by atoms with Crippen LogP contribution in [0.4, 0.5) is 0 Å². The van der Waals surface area contributed by atoms with Crippen molar-refractivity contribution in [3.05, 3.63) is 11.6 Å². The van der Waals surface area contributed by atoms with Crippen molar-refractivity contribution in [3.8, 4) is 12.3 Å². The molecule has 2 atom stereocenters. The van der Waals surface area contributed by atoms with Crippen LogP contribution in [0.5, 0.6) is 0 Å². The topological polar surface area (TPSA) is 63.6 Å². The maximum absolute atomic E-state index is 12.0. The summed E-state index contributed by atoms with van der Waals surface area (Å²) in [6.07, 6.45) is 7.88. The fourth-order valence-corrected chi connectivity index (χ4v) is 1.94. The monoisotopic (exact) mass is 250 g/mol. The van der Waals surface area contributed by atoms with Crippen LogP contribution in [0.3, 0.4) is 0 Å². The Morgan fingerprint density at radius 1 is 1.50 bits per heavy atom. The minimum atomic E-state index is -1.00. The number of carboxylic acids is 1. The number of terminal acetylenes is 1. The van der Waals surface area contributed by atoms with Gasteiger partial charge in [0.2, 0.25) is 0 Å². The Balaban J connectivity index is 2.86. The highest BCUT2D eigenvalue weighted by atomic mass is 16.6. The molecule has 4 heteroatoms. The van der Waals surface area contributed by atoms with Gasteiger partial charge >= 0.3 is 11.9 Å². The molecule has 4 nitrogen and oxygen atoms in total. The zero-order valence-corrected chi connectivity index (χ0v) is 10.9. The molecule has 18 heavy (non-hydrogen) atoms. The number of hydrogen-bond donors (Lipinski definition) is 1. The van der Waals surface area contributed by atoms with Gasteiger partial charge in [-0.25, -0.2) is 0 Å². The molecular weight excluding hydrogens is 232 g/mol. The number of rotatable bonds is 3. The maximum Gasteiger partial charge on any atom is 0.311 e. The van der Waals surface area contributed by atoms with Crippen molar-refractivity contribution in [3.63, 3.8) is 0 Å². The lowest BCUT2D eigenvalue weighted by Gasteiger charge is -2.29. The van der Waals surface area contributed by atoms with E-state index in [1.54, 1.807) is 13.8 Å². The first-order valence-corrected chi connectivity index (χ1v) is 5.86. The predicted octanol–water partition coefficient (Wildman–Crippen LogP) is 2.00. The number of allylic oxidation sites excluding steroid dienone is 2. The van der Waals surface area contributed by atoms with Crippen molar-refractivity contribution in [2.45, 2.75) is 39.2 Å². The average molecular weight is 250 g/mol. The molecule has 0 fully saturated rings. The van der Waals surface area contributed by atoms with Crippen LogP contribution in [0.1, 0.15) is 33.6 Å². The number of aliphatic carboxylic acids is 1. The van der Waals surface area contributed by atoms with E-state index in [0.717, 1.165) is 5.57 Å². The molecule has 0 saturated heterocycles. The van der Waals surface area contributed by atoms with Gasteiger partial charge in [0.1, 0.15) is 0 Å². The predicted molar refractivity (Wildman–Crippen MR) is 66.6 cm³/mol. The molecule has 0 heterocycles. The molecule has 0 unspecified atom stereocenters. The Bertz CT molecular complexity index is 426. The maximum atomic E-state index is 12.0. The quantitative estimate of drug-likeness (QED) is 0.472. The third-order valence-electron chi connectivity index (χ3n) is 3.07. The summed E-state index contributed by atoms with van der Waals surface area (Å²) in [7, 11) is 0. The zero-order chi connectivity index (χ0) is 13.9. The summed E-state index contributed by atoms with van der Waals surface area (Å²) in [4.78, 5) is 23.2. The summed E-state index contributed by atoms with van der Waals surface area (Å²) in [5.74, 6) is -0.521. The lowest BCUT2D eigenvalue weighted by Crippen LogP contribution is -2.37. The lowest BCUT2D eigenvalue weighted by molar-refractivity contribution is -0.164. The van der Waals surface area contributed by atoms with Gasteiger partial charge in [-0.05, 0) is 33.6 Å². The zero-order valence-electron chi connectivity index (χ0n) is 10.9. The van der Waals surface area contributed by atoms with E-state index in [4.69, 9.17) is 16.3 Å². The van der Waals surface area contributed by atoms with E-state index < -0.39 is 29.4 Å². The first kappa shape index (κ1) is 14.3. The van der Waals surface area contributed by atoms with Gasteiger partial charge in [0.05, 0.1) is 11.8 Å². The van der Waals surface area contributed by atoms with E-state index in [0.29, 0.717) is 12.8 Å². The van der Waals surface area contributed by atoms with Crippen LogP contribution in [-0.4, -0.2) is 22.6 Å². The number of hydrogen-bond acceptors (Lipinski definition) is 3. The summed E-state index contributed by atoms with van der Waals surface area (Å²) in [6.45, 7) is 5.09. The summed E-state index contributed by atoms with van der Waals surface area (Å²) >= 11 is 0. The highest BCUT2D eigenvalue weighted by molar-refractivity contribution is 5.82. The van der Waals surface area contributed by atoms with Crippen molar-refractivity contribution in [2.24, 2.45) is 11.8 Å². The molecule has 0 aromatic rings. The molecule has 1 N–H and O–H groups in total. The second-order valence-electron chi connectivity index (χ2n) is 5.12. The molecule has 0 radical (unpaired) electrons. The van der Waals surface area contributed by atoms with Crippen molar-refractivity contribution in [1.82, 2.24) is 0 Å². The molecule has 1 aliphatic carbocycles. The molecule has 0 spiro atoms. The second kappa shape index (κ2) is 5.26. The van der Waals surface area contributed by atoms with Crippen molar-refractivity contribution >= 4 is 11.9 Å². The first-order valence-electron chi connectivity index (χ1n) is 5.86. The van der Waals surface area contributed by atoms with Gasteiger partial charge in [0.15, 0.2) is 5.60 Å². The third kappa shape index (κ3) is 3.36. The molecule has 98 valence electrons. The molecule has 1 aliphatic rings. The van der Waals surface area contributed by atoms with Crippen LogP contribution in [0.25, 0.3) is 0 Å². The summed E-state index contributed by atoms with van der Waals surface area (Å²) in [6, 6.07) is 0. The summed E-state index contributed by atoms with van der Waals surface area (Å²) in [5.41, 5.74) is 0.00261. The minimum absolute atomic E-state index is 0.359. The van der Waals surface area contributed by atoms with Gasteiger partial charge in [-0.1, -0.05) is 17.6 Å². The van der Waals surface area contributed by atoms with Gasteiger partial charge in [0.25, 0.3) is 0 Å². The number of esters is 1. The van der Waals surface area contributed by atoms with Crippen LogP contribution >= 0.6 is 0 Å². The van der Waals surface area contributed by atoms with Crippen LogP contribution in [0.15, 0.2) is 11.6 Å². The molecule has 0 saturated carbocycles. The molecule has 0 amide bonds. The molecule has 0 aliphatic heterocycles. The summed E-state index contributed by atoms with van der Waals surface area (Å²) in [5, 5.41) is 9.12. The highest BCUT2D eigenvalue weighted by Gasteiger charge is 2.38. The van der Waals surface area contributed by atoms with E-state index in [1.807, 2.05) is 13.0 Å². The molecule has 1 rings (SSSR count). The molecule has 0 aromatic carbocycles. The SMILES string of the molecule is C#CC(C)(C)OC(=O)[C@H]1CC(C)=CC[C@@H]1C(=O)O. The van der Waals surface area contributed by atoms with Crippen LogP contribution < -0.4 is 0 Å². The van der Waals surface area contributed by atoms with Crippen LogP contribution in [0.2, 0.25) is 0 Å². The Morgan fingerprint density at radius 3 is 2.61 bits per heavy atom. The standard InChI is InChI=1S/C14H18O4/c1-5-14(3,4)18-13(17)11-8-9(2)6-7-10(11)12(15)16/h1,6,10-11H,7-8H2,2-4H3,(H,15,16)/t10-,11-/m0/s1. The number of carbonyl (C=O) groups excluding carboxylic acids is 1. The van der Waals surface area contributed by atoms with Crippen molar-refractivity contribution < 1.29 is 19.4 Å². The summed E-state index contributed by atoms with van der Waals surface area (Å²) < 4.78 is 5.19. The molecule has 0 aromatic heterocycles. The van der Waals surface area contributed by atoms with E-state index in [2.05, 4.69) is 5.92 Å². The van der Waals surface area contributed by atoms with Crippen LogP contribution in [0, 0.1) is 24.2 Å². The van der Waals surface area contributed by atoms with Gasteiger partial charge < -0.3 is 9.84 Å². The third-order valence-corrected chi connectivity index (χ3v) is 3.07. The Hall–Kier alpha value is -1.76. The van der Waals surface area contributed by atoms with E-state index in [-0.39, 0.29) is 0 Å². The van der Waals surface area contributed by atoms with Gasteiger partial charge in [0, 0.05) is 0 Å². The fourth-order valence-electron chi connectivity index (χ4n) is 1.94. The molecule has 0 bridgehead atoms. The van der Waals surface area contributed by atoms with Gasteiger partial charge in [-0.2, -0.15) is 0 Å². The number of carboxylic acid groups (broad SMARTS) is 1. The second-order valence-corrected chi connectivity index (χ2v) is 5.12. The Kier molecular flexibility index (Phi) is 4.18. The first-order chi connectivity index (χ1) is 8.26. The van der Waals surface area contributed by atoms with E-state index in [9.17, 15) is 9.59 Å². The minimum Gasteiger partial charge on any atom is -0.481 e. The highest BCUT2D eigenvalue weighted by Crippen LogP contribution is 2.31. The van der Waals surface area contributed by atoms with Gasteiger partial charge in [-0.3, -0.25) is 9.59 Å². The smallest absolute Gasteiger partial charge is 0.311 e. The lowest BCUT2D eigenvalue weighted by atomic mass is 9.80. The van der Waals surface area contributed by atoms with E-state index >= 15 is 0 Å². The Morgan fingerprint density at radius 2 is 2.11 bits per heavy atom. The van der Waals surface area contributed by atoms with Crippen LogP contribution in [-0.2, 0) is 14.3 Å². The Labute approximate surface area is 107 Å². The number of ether oxygens (including phenoxy) is 1. The normalized spacial score (nSPS) is 23.8. The van der Waals surface area contributed by atoms with Crippen molar-refractivity contribution in [2.75, 3.05) is 0 Å². The van der Waals surface area contributed by atoms with E-state index in [1.165, 1.54) is 0 Å².